The van der Waals surface area contributed by atoms with Gasteiger partial charge in [-0.1, -0.05) is 0 Å². The number of rotatable bonds is 0. The van der Waals surface area contributed by atoms with Gasteiger partial charge in [-0.3, -0.25) is 4.79 Å². The minimum absolute atomic E-state index is 0.0114. The van der Waals surface area contributed by atoms with Crippen molar-refractivity contribution in [1.82, 2.24) is 0 Å². The minimum Gasteiger partial charge on any atom is -0.482 e. The van der Waals surface area contributed by atoms with E-state index in [4.69, 9.17) is 4.74 Å². The van der Waals surface area contributed by atoms with Gasteiger partial charge in [-0.2, -0.15) is 13.2 Å². The van der Waals surface area contributed by atoms with E-state index in [1.165, 1.54) is 13.0 Å². The highest BCUT2D eigenvalue weighted by Crippen LogP contribution is 2.35. The molecule has 0 spiro atoms. The van der Waals surface area contributed by atoms with Crippen molar-refractivity contribution in [2.75, 3.05) is 0 Å². The van der Waals surface area contributed by atoms with Crippen LogP contribution >= 0.6 is 0 Å². The summed E-state index contributed by atoms with van der Waals surface area (Å²) in [6.07, 6.45) is -5.12. The van der Waals surface area contributed by atoms with E-state index in [0.717, 1.165) is 12.1 Å². The molecule has 2 nitrogen and oxygen atoms in total. The van der Waals surface area contributed by atoms with E-state index in [2.05, 4.69) is 0 Å². The summed E-state index contributed by atoms with van der Waals surface area (Å²) in [7, 11) is 0. The molecule has 0 saturated carbocycles. The van der Waals surface area contributed by atoms with Gasteiger partial charge < -0.3 is 4.74 Å². The molecular weight excluding hydrogens is 209 g/mol. The molecule has 0 amide bonds. The van der Waals surface area contributed by atoms with Crippen LogP contribution in [0.15, 0.2) is 18.2 Å². The Morgan fingerprint density at radius 3 is 2.60 bits per heavy atom. The van der Waals surface area contributed by atoms with Gasteiger partial charge in [0.25, 0.3) is 0 Å². The van der Waals surface area contributed by atoms with Crippen LogP contribution in [0.25, 0.3) is 0 Å². The predicted octanol–water partition coefficient (Wildman–Crippen LogP) is 2.67. The number of carbonyl (C=O) groups excluding carboxylic acids is 1. The number of halogens is 3. The Bertz CT molecular complexity index is 423. The van der Waals surface area contributed by atoms with Crippen molar-refractivity contribution in [2.24, 2.45) is 0 Å². The average molecular weight is 216 g/mol. The molecule has 1 aliphatic rings. The smallest absolute Gasteiger partial charge is 0.416 e. The van der Waals surface area contributed by atoms with E-state index in [-0.39, 0.29) is 11.3 Å². The summed E-state index contributed by atoms with van der Waals surface area (Å²) in [5, 5.41) is 0. The van der Waals surface area contributed by atoms with E-state index in [0.29, 0.717) is 0 Å². The molecule has 1 unspecified atom stereocenters. The van der Waals surface area contributed by atoms with Gasteiger partial charge in [0.05, 0.1) is 11.1 Å². The first-order valence-corrected chi connectivity index (χ1v) is 4.31. The van der Waals surface area contributed by atoms with Gasteiger partial charge in [-0.15, -0.1) is 0 Å². The lowest BCUT2D eigenvalue weighted by Crippen LogP contribution is -2.15. The van der Waals surface area contributed by atoms with Crippen molar-refractivity contribution < 1.29 is 22.7 Å². The van der Waals surface area contributed by atoms with Gasteiger partial charge in [0, 0.05) is 0 Å². The van der Waals surface area contributed by atoms with Crippen molar-refractivity contribution in [3.05, 3.63) is 29.3 Å². The topological polar surface area (TPSA) is 26.3 Å². The second-order valence-electron chi connectivity index (χ2n) is 3.33. The van der Waals surface area contributed by atoms with Gasteiger partial charge in [-0.25, -0.2) is 0 Å². The number of hydrogen-bond donors (Lipinski definition) is 0. The summed E-state index contributed by atoms with van der Waals surface area (Å²) in [4.78, 5) is 11.4. The van der Waals surface area contributed by atoms with Crippen LogP contribution in [0.4, 0.5) is 13.2 Å². The summed E-state index contributed by atoms with van der Waals surface area (Å²) >= 11 is 0. The zero-order valence-electron chi connectivity index (χ0n) is 7.76. The predicted molar refractivity (Wildman–Crippen MR) is 45.9 cm³/mol. The fourth-order valence-corrected chi connectivity index (χ4v) is 1.46. The Balaban J connectivity index is 2.49. The van der Waals surface area contributed by atoms with Gasteiger partial charge in [0.1, 0.15) is 5.75 Å². The number of benzene rings is 1. The Morgan fingerprint density at radius 1 is 1.33 bits per heavy atom. The minimum atomic E-state index is -4.43. The first-order chi connectivity index (χ1) is 6.89. The molecule has 0 bridgehead atoms. The molecule has 5 heteroatoms. The molecule has 1 aromatic carbocycles. The fraction of sp³-hybridized carbons (Fsp3) is 0.300. The third kappa shape index (κ3) is 1.58. The third-order valence-corrected chi connectivity index (χ3v) is 2.25. The molecule has 2 rings (SSSR count). The first kappa shape index (κ1) is 10.0. The van der Waals surface area contributed by atoms with Gasteiger partial charge in [0.2, 0.25) is 5.78 Å². The monoisotopic (exact) mass is 216 g/mol. The zero-order chi connectivity index (χ0) is 11.2. The van der Waals surface area contributed by atoms with Crippen molar-refractivity contribution in [1.29, 1.82) is 0 Å². The molecule has 1 aliphatic heterocycles. The van der Waals surface area contributed by atoms with E-state index >= 15 is 0 Å². The maximum absolute atomic E-state index is 12.3. The van der Waals surface area contributed by atoms with Crippen molar-refractivity contribution in [3.8, 4) is 5.75 Å². The number of hydrogen-bond acceptors (Lipinski definition) is 2. The standard InChI is InChI=1S/C10H7F3O2/c1-5-9(14)7-4-6(10(11,12)13)2-3-8(7)15-5/h2-5H,1H3. The lowest BCUT2D eigenvalue weighted by molar-refractivity contribution is -0.137. The highest BCUT2D eigenvalue weighted by atomic mass is 19.4. The van der Waals surface area contributed by atoms with Crippen LogP contribution in [0, 0.1) is 0 Å². The SMILES string of the molecule is CC1Oc2ccc(C(F)(F)F)cc2C1=O. The van der Waals surface area contributed by atoms with Crippen LogP contribution in [0.5, 0.6) is 5.75 Å². The molecule has 0 radical (unpaired) electrons. The first-order valence-electron chi connectivity index (χ1n) is 4.31. The van der Waals surface area contributed by atoms with E-state index in [9.17, 15) is 18.0 Å². The molecule has 1 heterocycles. The van der Waals surface area contributed by atoms with E-state index in [1.54, 1.807) is 0 Å². The van der Waals surface area contributed by atoms with Crippen LogP contribution in [-0.4, -0.2) is 11.9 Å². The van der Waals surface area contributed by atoms with Crippen molar-refractivity contribution in [2.45, 2.75) is 19.2 Å². The maximum Gasteiger partial charge on any atom is 0.416 e. The second kappa shape index (κ2) is 2.98. The van der Waals surface area contributed by atoms with Crippen LogP contribution in [0.1, 0.15) is 22.8 Å². The normalized spacial score (nSPS) is 20.0. The number of alkyl halides is 3. The third-order valence-electron chi connectivity index (χ3n) is 2.25. The Hall–Kier alpha value is -1.52. The summed E-state index contributed by atoms with van der Waals surface area (Å²) in [5.41, 5.74) is -0.815. The van der Waals surface area contributed by atoms with Crippen LogP contribution in [-0.2, 0) is 6.18 Å². The number of Topliss-reactive ketones (excluding diaryl/α,β-unsaturated/α-hetero) is 1. The van der Waals surface area contributed by atoms with Crippen LogP contribution in [0.2, 0.25) is 0 Å². The average Bonchev–Trinajstić information content (AvgIpc) is 2.41. The van der Waals surface area contributed by atoms with Crippen molar-refractivity contribution in [3.63, 3.8) is 0 Å². The van der Waals surface area contributed by atoms with Gasteiger partial charge >= 0.3 is 6.18 Å². The van der Waals surface area contributed by atoms with E-state index < -0.39 is 23.6 Å². The van der Waals surface area contributed by atoms with Gasteiger partial charge in [-0.05, 0) is 25.1 Å². The molecule has 1 atom stereocenters. The Labute approximate surface area is 83.7 Å². The summed E-state index contributed by atoms with van der Waals surface area (Å²) < 4.78 is 42.1. The van der Waals surface area contributed by atoms with Crippen molar-refractivity contribution >= 4 is 5.78 Å². The maximum atomic E-state index is 12.3. The molecule has 0 saturated heterocycles. The number of ether oxygens (including phenoxy) is 1. The molecule has 80 valence electrons. The lowest BCUT2D eigenvalue weighted by atomic mass is 10.1. The summed E-state index contributed by atoms with van der Waals surface area (Å²) in [6.45, 7) is 1.51. The number of ketones is 1. The summed E-state index contributed by atoms with van der Waals surface area (Å²) in [5.74, 6) is -0.184. The Kier molecular flexibility index (Phi) is 1.99. The molecule has 0 aromatic heterocycles. The highest BCUT2D eigenvalue weighted by Gasteiger charge is 2.35. The second-order valence-corrected chi connectivity index (χ2v) is 3.33. The molecule has 0 fully saturated rings. The highest BCUT2D eigenvalue weighted by molar-refractivity contribution is 6.04. The zero-order valence-corrected chi connectivity index (χ0v) is 7.76. The van der Waals surface area contributed by atoms with E-state index in [1.807, 2.05) is 0 Å². The molecule has 0 N–H and O–H groups in total. The molecule has 0 aliphatic carbocycles. The fourth-order valence-electron chi connectivity index (χ4n) is 1.46. The van der Waals surface area contributed by atoms with Crippen LogP contribution < -0.4 is 4.74 Å². The Morgan fingerprint density at radius 2 is 2.00 bits per heavy atom. The van der Waals surface area contributed by atoms with Gasteiger partial charge in [0.15, 0.2) is 6.10 Å². The molecule has 1 aromatic rings. The number of carbonyl (C=O) groups is 1. The number of fused-ring (bicyclic) bond motifs is 1. The lowest BCUT2D eigenvalue weighted by Gasteiger charge is -2.06. The molecule has 15 heavy (non-hydrogen) atoms. The quantitative estimate of drug-likeness (QED) is 0.666. The molecular formula is C10H7F3O2. The largest absolute Gasteiger partial charge is 0.482 e. The van der Waals surface area contributed by atoms with Crippen LogP contribution in [0.3, 0.4) is 0 Å². The summed E-state index contributed by atoms with van der Waals surface area (Å²) in [6, 6.07) is 2.92.